The second-order valence-electron chi connectivity index (χ2n) is 4.62. The molecular formula is C15H10BrClF2N2. The first-order chi connectivity index (χ1) is 10.1. The van der Waals surface area contributed by atoms with Gasteiger partial charge in [-0.15, -0.1) is 11.6 Å². The van der Waals surface area contributed by atoms with Crippen LogP contribution in [0.4, 0.5) is 8.78 Å². The number of hydrogen-bond donors (Lipinski definition) is 0. The van der Waals surface area contributed by atoms with E-state index in [2.05, 4.69) is 20.9 Å². The molecule has 3 rings (SSSR count). The molecule has 21 heavy (non-hydrogen) atoms. The Balaban J connectivity index is 2.12. The number of alkyl halides is 1. The van der Waals surface area contributed by atoms with Crippen molar-refractivity contribution in [2.24, 2.45) is 0 Å². The fourth-order valence-corrected chi connectivity index (χ4v) is 2.80. The van der Waals surface area contributed by atoms with Crippen LogP contribution in [0.2, 0.25) is 0 Å². The van der Waals surface area contributed by atoms with Crippen LogP contribution in [0.1, 0.15) is 11.4 Å². The molecule has 0 spiro atoms. The average molecular weight is 372 g/mol. The maximum Gasteiger partial charge on any atom is 0.131 e. The van der Waals surface area contributed by atoms with Gasteiger partial charge in [0.05, 0.1) is 23.5 Å². The fourth-order valence-electron chi connectivity index (χ4n) is 2.24. The Kier molecular flexibility index (Phi) is 3.95. The molecule has 0 fully saturated rings. The zero-order chi connectivity index (χ0) is 15.0. The molecule has 108 valence electrons. The highest BCUT2D eigenvalue weighted by Crippen LogP contribution is 2.24. The molecule has 0 amide bonds. The minimum Gasteiger partial charge on any atom is -0.322 e. The molecule has 0 bridgehead atoms. The quantitative estimate of drug-likeness (QED) is 0.601. The molecule has 1 aromatic heterocycles. The number of aromatic nitrogens is 2. The number of hydrogen-bond acceptors (Lipinski definition) is 1. The number of nitrogens with zero attached hydrogens (tertiary/aromatic N) is 2. The van der Waals surface area contributed by atoms with E-state index in [1.165, 1.54) is 12.1 Å². The predicted molar refractivity (Wildman–Crippen MR) is 82.5 cm³/mol. The normalized spacial score (nSPS) is 11.2. The molecule has 0 aliphatic heterocycles. The van der Waals surface area contributed by atoms with Gasteiger partial charge in [0.15, 0.2) is 0 Å². The first-order valence-electron chi connectivity index (χ1n) is 6.23. The molecule has 3 aromatic rings. The van der Waals surface area contributed by atoms with Crippen LogP contribution < -0.4 is 0 Å². The molecule has 0 N–H and O–H groups in total. The Morgan fingerprint density at radius 2 is 1.95 bits per heavy atom. The number of rotatable bonds is 3. The van der Waals surface area contributed by atoms with Gasteiger partial charge in [-0.1, -0.05) is 22.0 Å². The molecule has 0 unspecified atom stereocenters. The van der Waals surface area contributed by atoms with Crippen molar-refractivity contribution < 1.29 is 8.78 Å². The van der Waals surface area contributed by atoms with Gasteiger partial charge in [-0.05, 0) is 24.3 Å². The Labute approximate surface area is 133 Å². The summed E-state index contributed by atoms with van der Waals surface area (Å²) < 4.78 is 29.6. The van der Waals surface area contributed by atoms with Gasteiger partial charge in [-0.3, -0.25) is 0 Å². The number of fused-ring (bicyclic) bond motifs is 1. The Morgan fingerprint density at radius 1 is 1.14 bits per heavy atom. The van der Waals surface area contributed by atoms with Crippen LogP contribution in [0, 0.1) is 11.6 Å². The van der Waals surface area contributed by atoms with Crippen molar-refractivity contribution in [2.45, 2.75) is 12.4 Å². The van der Waals surface area contributed by atoms with Crippen molar-refractivity contribution in [2.75, 3.05) is 0 Å². The average Bonchev–Trinajstić information content (AvgIpc) is 2.79. The number of imidazole rings is 1. The lowest BCUT2D eigenvalue weighted by Gasteiger charge is -2.09. The lowest BCUT2D eigenvalue weighted by Crippen LogP contribution is -2.05. The summed E-state index contributed by atoms with van der Waals surface area (Å²) in [7, 11) is 0. The van der Waals surface area contributed by atoms with Crippen LogP contribution >= 0.6 is 27.5 Å². The summed E-state index contributed by atoms with van der Waals surface area (Å²) in [6, 6.07) is 9.22. The van der Waals surface area contributed by atoms with Crippen LogP contribution in [-0.2, 0) is 12.4 Å². The molecule has 0 aliphatic carbocycles. The van der Waals surface area contributed by atoms with Crippen molar-refractivity contribution in [1.29, 1.82) is 0 Å². The molecule has 0 saturated carbocycles. The summed E-state index contributed by atoms with van der Waals surface area (Å²) in [5.41, 5.74) is 2.03. The SMILES string of the molecule is Fc1ccc(Cn2c(CCl)nc3ccc(Br)cc32)c(F)c1. The van der Waals surface area contributed by atoms with E-state index in [0.717, 1.165) is 21.6 Å². The second-order valence-corrected chi connectivity index (χ2v) is 5.80. The van der Waals surface area contributed by atoms with Gasteiger partial charge in [0, 0.05) is 16.1 Å². The Hall–Kier alpha value is -1.46. The van der Waals surface area contributed by atoms with Crippen molar-refractivity contribution in [3.63, 3.8) is 0 Å². The van der Waals surface area contributed by atoms with Gasteiger partial charge in [-0.2, -0.15) is 0 Å². The largest absolute Gasteiger partial charge is 0.322 e. The molecule has 0 radical (unpaired) electrons. The lowest BCUT2D eigenvalue weighted by molar-refractivity contribution is 0.566. The van der Waals surface area contributed by atoms with Gasteiger partial charge in [0.1, 0.15) is 17.5 Å². The van der Waals surface area contributed by atoms with Gasteiger partial charge in [0.2, 0.25) is 0 Å². The minimum absolute atomic E-state index is 0.217. The molecule has 6 heteroatoms. The van der Waals surface area contributed by atoms with E-state index in [9.17, 15) is 8.78 Å². The van der Waals surface area contributed by atoms with Crippen LogP contribution in [-0.4, -0.2) is 9.55 Å². The number of benzene rings is 2. The minimum atomic E-state index is -0.591. The molecular weight excluding hydrogens is 362 g/mol. The van der Waals surface area contributed by atoms with Gasteiger partial charge in [0.25, 0.3) is 0 Å². The van der Waals surface area contributed by atoms with E-state index < -0.39 is 11.6 Å². The summed E-state index contributed by atoms with van der Waals surface area (Å²) in [6.07, 6.45) is 0. The highest BCUT2D eigenvalue weighted by atomic mass is 79.9. The van der Waals surface area contributed by atoms with Crippen molar-refractivity contribution in [3.05, 3.63) is 63.9 Å². The molecule has 0 atom stereocenters. The van der Waals surface area contributed by atoms with Crippen LogP contribution in [0.25, 0.3) is 11.0 Å². The van der Waals surface area contributed by atoms with Crippen LogP contribution in [0.3, 0.4) is 0 Å². The zero-order valence-corrected chi connectivity index (χ0v) is 13.1. The summed E-state index contributed by atoms with van der Waals surface area (Å²) in [4.78, 5) is 4.43. The van der Waals surface area contributed by atoms with Gasteiger partial charge >= 0.3 is 0 Å². The van der Waals surface area contributed by atoms with Crippen molar-refractivity contribution >= 4 is 38.6 Å². The van der Waals surface area contributed by atoms with E-state index in [4.69, 9.17) is 11.6 Å². The third-order valence-electron chi connectivity index (χ3n) is 3.25. The standard InChI is InChI=1S/C15H10BrClF2N2/c16-10-2-4-13-14(5-10)21(15(7-17)20-13)8-9-1-3-11(18)6-12(9)19/h1-6H,7-8H2. The van der Waals surface area contributed by atoms with E-state index in [1.54, 1.807) is 0 Å². The van der Waals surface area contributed by atoms with E-state index in [1.807, 2.05) is 22.8 Å². The highest BCUT2D eigenvalue weighted by Gasteiger charge is 2.13. The third kappa shape index (κ3) is 2.80. The Morgan fingerprint density at radius 3 is 2.67 bits per heavy atom. The predicted octanol–water partition coefficient (Wildman–Crippen LogP) is 4.86. The lowest BCUT2D eigenvalue weighted by atomic mass is 10.2. The molecule has 2 aromatic carbocycles. The smallest absolute Gasteiger partial charge is 0.131 e. The van der Waals surface area contributed by atoms with Crippen molar-refractivity contribution in [3.8, 4) is 0 Å². The maximum atomic E-state index is 13.8. The molecule has 0 saturated heterocycles. The summed E-state index contributed by atoms with van der Waals surface area (Å²) in [5, 5.41) is 0. The molecule has 0 aliphatic rings. The van der Waals surface area contributed by atoms with Crippen molar-refractivity contribution in [1.82, 2.24) is 9.55 Å². The van der Waals surface area contributed by atoms with Gasteiger partial charge in [-0.25, -0.2) is 13.8 Å². The van der Waals surface area contributed by atoms with Gasteiger partial charge < -0.3 is 4.57 Å². The van der Waals surface area contributed by atoms with Crippen LogP contribution in [0.15, 0.2) is 40.9 Å². The third-order valence-corrected chi connectivity index (χ3v) is 3.98. The van der Waals surface area contributed by atoms with E-state index >= 15 is 0 Å². The Bertz CT molecular complexity index is 817. The topological polar surface area (TPSA) is 17.8 Å². The zero-order valence-electron chi connectivity index (χ0n) is 10.8. The second kappa shape index (κ2) is 5.73. The van der Waals surface area contributed by atoms with E-state index in [-0.39, 0.29) is 12.4 Å². The first-order valence-corrected chi connectivity index (χ1v) is 7.56. The molecule has 2 nitrogen and oxygen atoms in total. The van der Waals surface area contributed by atoms with E-state index in [0.29, 0.717) is 11.4 Å². The fraction of sp³-hybridized carbons (Fsp3) is 0.133. The number of halogens is 4. The maximum absolute atomic E-state index is 13.8. The monoisotopic (exact) mass is 370 g/mol. The summed E-state index contributed by atoms with van der Waals surface area (Å²) in [6.45, 7) is 0.251. The first kappa shape index (κ1) is 14.5. The summed E-state index contributed by atoms with van der Waals surface area (Å²) >= 11 is 9.34. The summed E-state index contributed by atoms with van der Waals surface area (Å²) in [5.74, 6) is -0.303. The van der Waals surface area contributed by atoms with Crippen LogP contribution in [0.5, 0.6) is 0 Å². The highest BCUT2D eigenvalue weighted by molar-refractivity contribution is 9.10. The molecule has 1 heterocycles.